The summed E-state index contributed by atoms with van der Waals surface area (Å²) in [6.45, 7) is 3.00. The summed E-state index contributed by atoms with van der Waals surface area (Å²) < 4.78 is 0. The summed E-state index contributed by atoms with van der Waals surface area (Å²) in [5, 5.41) is 0. The first-order chi connectivity index (χ1) is 6.84. The van der Waals surface area contributed by atoms with E-state index < -0.39 is 0 Å². The molecule has 0 spiro atoms. The molecule has 0 radical (unpaired) electrons. The third-order valence-electron chi connectivity index (χ3n) is 2.24. The van der Waals surface area contributed by atoms with Crippen LogP contribution in [0.5, 0.6) is 0 Å². The molecule has 0 heterocycles. The maximum Gasteiger partial charge on any atom is 0.0359 e. The molecule has 0 aromatic carbocycles. The minimum absolute atomic E-state index is 0.973. The van der Waals surface area contributed by atoms with E-state index in [2.05, 4.69) is 48.4 Å². The summed E-state index contributed by atoms with van der Waals surface area (Å²) in [6, 6.07) is 0. The van der Waals surface area contributed by atoms with Crippen molar-refractivity contribution in [3.05, 3.63) is 48.2 Å². The van der Waals surface area contributed by atoms with Gasteiger partial charge in [0.05, 0.1) is 0 Å². The fourth-order valence-electron chi connectivity index (χ4n) is 1.40. The van der Waals surface area contributed by atoms with E-state index in [-0.39, 0.29) is 0 Å². The Hall–Kier alpha value is -1.24. The molecule has 1 rings (SSSR count). The van der Waals surface area contributed by atoms with Crippen LogP contribution >= 0.6 is 0 Å². The second kappa shape index (κ2) is 6.25. The normalized spacial score (nSPS) is 16.6. The molecule has 76 valence electrons. The molecule has 0 amide bonds. The molecule has 0 aromatic rings. The molecule has 1 heteroatoms. The van der Waals surface area contributed by atoms with E-state index in [9.17, 15) is 0 Å². The first-order valence-electron chi connectivity index (χ1n) is 5.20. The van der Waals surface area contributed by atoms with Gasteiger partial charge in [-0.15, -0.1) is 0 Å². The summed E-state index contributed by atoms with van der Waals surface area (Å²) in [6.07, 6.45) is 17.4. The van der Waals surface area contributed by atoms with Gasteiger partial charge < -0.3 is 4.90 Å². The van der Waals surface area contributed by atoms with E-state index in [4.69, 9.17) is 0 Å². The molecule has 14 heavy (non-hydrogen) atoms. The topological polar surface area (TPSA) is 3.24 Å². The molecule has 0 N–H and O–H groups in total. The van der Waals surface area contributed by atoms with Crippen LogP contribution < -0.4 is 0 Å². The van der Waals surface area contributed by atoms with Crippen molar-refractivity contribution in [2.24, 2.45) is 0 Å². The van der Waals surface area contributed by atoms with Crippen LogP contribution in [0.25, 0.3) is 0 Å². The van der Waals surface area contributed by atoms with Crippen LogP contribution in [0.4, 0.5) is 0 Å². The van der Waals surface area contributed by atoms with Crippen LogP contribution in [0.2, 0.25) is 0 Å². The zero-order valence-corrected chi connectivity index (χ0v) is 9.11. The van der Waals surface area contributed by atoms with E-state index in [1.54, 1.807) is 0 Å². The second-order valence-corrected chi connectivity index (χ2v) is 3.44. The lowest BCUT2D eigenvalue weighted by molar-refractivity contribution is 0.475. The van der Waals surface area contributed by atoms with Crippen molar-refractivity contribution < 1.29 is 0 Å². The molecule has 0 aromatic heterocycles. The van der Waals surface area contributed by atoms with Crippen LogP contribution in [-0.4, -0.2) is 18.5 Å². The van der Waals surface area contributed by atoms with Crippen molar-refractivity contribution in [1.29, 1.82) is 0 Å². The van der Waals surface area contributed by atoms with Gasteiger partial charge in [-0.2, -0.15) is 0 Å². The standard InChI is InChI=1S/C13H19N/c1-3-4-5-9-12-14(2)13-10-7-6-8-11-13/h3-5,7,9-11H,6,8,12H2,1-2H3/b4-3-,9-5-. The molecule has 0 bridgehead atoms. The second-order valence-electron chi connectivity index (χ2n) is 3.44. The van der Waals surface area contributed by atoms with E-state index >= 15 is 0 Å². The van der Waals surface area contributed by atoms with Gasteiger partial charge in [-0.1, -0.05) is 36.5 Å². The summed E-state index contributed by atoms with van der Waals surface area (Å²) in [5.74, 6) is 0. The Balaban J connectivity index is 2.37. The number of allylic oxidation sites excluding steroid dienone is 6. The monoisotopic (exact) mass is 189 g/mol. The number of likely N-dealkylation sites (N-methyl/N-ethyl adjacent to an activating group) is 1. The Morgan fingerprint density at radius 2 is 2.21 bits per heavy atom. The highest BCUT2D eigenvalue weighted by Crippen LogP contribution is 2.12. The molecule has 0 fully saturated rings. The van der Waals surface area contributed by atoms with E-state index in [1.807, 2.05) is 13.0 Å². The van der Waals surface area contributed by atoms with E-state index in [1.165, 1.54) is 18.5 Å². The molecular formula is C13H19N. The highest BCUT2D eigenvalue weighted by Gasteiger charge is 2.00. The highest BCUT2D eigenvalue weighted by molar-refractivity contribution is 5.21. The van der Waals surface area contributed by atoms with Gasteiger partial charge in [0.2, 0.25) is 0 Å². The summed E-state index contributed by atoms with van der Waals surface area (Å²) >= 11 is 0. The number of hydrogen-bond acceptors (Lipinski definition) is 1. The fraction of sp³-hybridized carbons (Fsp3) is 0.385. The zero-order valence-electron chi connectivity index (χ0n) is 9.11. The minimum atomic E-state index is 0.973. The van der Waals surface area contributed by atoms with Crippen molar-refractivity contribution in [2.75, 3.05) is 13.6 Å². The Morgan fingerprint density at radius 1 is 1.36 bits per heavy atom. The van der Waals surface area contributed by atoms with Crippen molar-refractivity contribution in [2.45, 2.75) is 19.8 Å². The average Bonchev–Trinajstić information content (AvgIpc) is 2.25. The lowest BCUT2D eigenvalue weighted by Crippen LogP contribution is -2.17. The Kier molecular flexibility index (Phi) is 4.84. The predicted octanol–water partition coefficient (Wildman–Crippen LogP) is 3.28. The highest BCUT2D eigenvalue weighted by atomic mass is 15.1. The fourth-order valence-corrected chi connectivity index (χ4v) is 1.40. The smallest absolute Gasteiger partial charge is 0.0359 e. The van der Waals surface area contributed by atoms with Crippen LogP contribution in [0, 0.1) is 0 Å². The Labute approximate surface area is 87.1 Å². The first-order valence-corrected chi connectivity index (χ1v) is 5.20. The van der Waals surface area contributed by atoms with Gasteiger partial charge in [0, 0.05) is 19.3 Å². The molecule has 0 unspecified atom stereocenters. The largest absolute Gasteiger partial charge is 0.371 e. The number of nitrogens with zero attached hydrogens (tertiary/aromatic N) is 1. The molecule has 1 aliphatic rings. The number of rotatable bonds is 4. The van der Waals surface area contributed by atoms with Crippen molar-refractivity contribution in [3.63, 3.8) is 0 Å². The van der Waals surface area contributed by atoms with Gasteiger partial charge in [0.15, 0.2) is 0 Å². The lowest BCUT2D eigenvalue weighted by atomic mass is 10.1. The summed E-state index contributed by atoms with van der Waals surface area (Å²) in [7, 11) is 2.13. The molecule has 0 atom stereocenters. The predicted molar refractivity (Wildman–Crippen MR) is 63.0 cm³/mol. The zero-order chi connectivity index (χ0) is 10.2. The molecule has 1 nitrogen and oxygen atoms in total. The molecular weight excluding hydrogens is 170 g/mol. The van der Waals surface area contributed by atoms with Gasteiger partial charge in [0.1, 0.15) is 0 Å². The first kappa shape index (κ1) is 10.8. The van der Waals surface area contributed by atoms with E-state index in [0.29, 0.717) is 0 Å². The third kappa shape index (κ3) is 3.65. The minimum Gasteiger partial charge on any atom is -0.371 e. The SMILES string of the molecule is C/C=C\C=C/CN(C)C1=CCCC=C1. The third-order valence-corrected chi connectivity index (χ3v) is 2.24. The average molecular weight is 189 g/mol. The van der Waals surface area contributed by atoms with Crippen LogP contribution in [0.15, 0.2) is 48.2 Å². The maximum atomic E-state index is 2.30. The quantitative estimate of drug-likeness (QED) is 0.613. The molecule has 1 aliphatic carbocycles. The molecule has 0 saturated heterocycles. The summed E-state index contributed by atoms with van der Waals surface area (Å²) in [4.78, 5) is 2.26. The Morgan fingerprint density at radius 3 is 2.86 bits per heavy atom. The maximum absolute atomic E-state index is 2.30. The van der Waals surface area contributed by atoms with Gasteiger partial charge >= 0.3 is 0 Å². The van der Waals surface area contributed by atoms with Gasteiger partial charge in [-0.05, 0) is 25.8 Å². The van der Waals surface area contributed by atoms with Crippen molar-refractivity contribution in [1.82, 2.24) is 4.90 Å². The summed E-state index contributed by atoms with van der Waals surface area (Å²) in [5.41, 5.74) is 1.33. The molecule has 0 aliphatic heterocycles. The van der Waals surface area contributed by atoms with Gasteiger partial charge in [-0.25, -0.2) is 0 Å². The number of hydrogen-bond donors (Lipinski definition) is 0. The van der Waals surface area contributed by atoms with Gasteiger partial charge in [-0.3, -0.25) is 0 Å². The van der Waals surface area contributed by atoms with Gasteiger partial charge in [0.25, 0.3) is 0 Å². The van der Waals surface area contributed by atoms with Crippen LogP contribution in [-0.2, 0) is 0 Å². The van der Waals surface area contributed by atoms with Crippen LogP contribution in [0.1, 0.15) is 19.8 Å². The van der Waals surface area contributed by atoms with Crippen molar-refractivity contribution in [3.8, 4) is 0 Å². The van der Waals surface area contributed by atoms with E-state index in [0.717, 1.165) is 6.54 Å². The lowest BCUT2D eigenvalue weighted by Gasteiger charge is -2.20. The Bertz CT molecular complexity index is 269. The van der Waals surface area contributed by atoms with Crippen molar-refractivity contribution >= 4 is 0 Å². The van der Waals surface area contributed by atoms with Crippen LogP contribution in [0.3, 0.4) is 0 Å². The molecule has 0 saturated carbocycles.